The van der Waals surface area contributed by atoms with E-state index in [9.17, 15) is 18.0 Å². The Bertz CT molecular complexity index is 586. The lowest BCUT2D eigenvalue weighted by molar-refractivity contribution is -0.139. The van der Waals surface area contributed by atoms with E-state index in [2.05, 4.69) is 5.32 Å². The van der Waals surface area contributed by atoms with Gasteiger partial charge in [-0.2, -0.15) is 13.2 Å². The molecule has 5 nitrogen and oxygen atoms in total. The molecule has 23 heavy (non-hydrogen) atoms. The number of ether oxygens (including phenoxy) is 3. The van der Waals surface area contributed by atoms with Crippen molar-refractivity contribution in [3.05, 3.63) is 41.9 Å². The first kappa shape index (κ1) is 17.0. The number of para-hydroxylation sites is 1. The predicted octanol–water partition coefficient (Wildman–Crippen LogP) is 2.48. The molecule has 0 fully saturated rings. The van der Waals surface area contributed by atoms with Crippen LogP contribution in [-0.2, 0) is 20.4 Å². The van der Waals surface area contributed by atoms with Gasteiger partial charge in [-0.1, -0.05) is 12.1 Å². The Labute approximate surface area is 131 Å². The van der Waals surface area contributed by atoms with E-state index < -0.39 is 23.7 Å². The van der Waals surface area contributed by atoms with E-state index in [-0.39, 0.29) is 24.7 Å². The molecule has 0 aliphatic carbocycles. The van der Waals surface area contributed by atoms with Crippen LogP contribution in [0.25, 0.3) is 0 Å². The van der Waals surface area contributed by atoms with E-state index in [1.165, 1.54) is 24.5 Å². The zero-order chi connectivity index (χ0) is 16.9. The third-order valence-electron chi connectivity index (χ3n) is 2.93. The summed E-state index contributed by atoms with van der Waals surface area (Å²) < 4.78 is 53.8. The molecule has 0 saturated carbocycles. The second-order valence-corrected chi connectivity index (χ2v) is 4.88. The molecule has 126 valence electrons. The molecule has 1 N–H and O–H groups in total. The van der Waals surface area contributed by atoms with Crippen molar-refractivity contribution >= 4 is 5.91 Å². The van der Waals surface area contributed by atoms with Crippen molar-refractivity contribution < 1.29 is 32.2 Å². The average Bonchev–Trinajstić information content (AvgIpc) is 2.53. The number of hydrogen-bond acceptors (Lipinski definition) is 4. The molecule has 0 bridgehead atoms. The average molecular weight is 331 g/mol. The monoisotopic (exact) mass is 331 g/mol. The van der Waals surface area contributed by atoms with Crippen LogP contribution in [0.5, 0.6) is 5.75 Å². The van der Waals surface area contributed by atoms with E-state index in [4.69, 9.17) is 14.2 Å². The summed E-state index contributed by atoms with van der Waals surface area (Å²) in [4.78, 5) is 11.8. The second-order valence-electron chi connectivity index (χ2n) is 4.88. The zero-order valence-electron chi connectivity index (χ0n) is 12.4. The number of benzene rings is 1. The van der Waals surface area contributed by atoms with Gasteiger partial charge in [-0.15, -0.1) is 0 Å². The fraction of sp³-hybridized carbons (Fsp3) is 0.400. The van der Waals surface area contributed by atoms with Gasteiger partial charge in [0.1, 0.15) is 31.8 Å². The van der Waals surface area contributed by atoms with Crippen molar-refractivity contribution in [2.75, 3.05) is 19.8 Å². The first-order valence-electron chi connectivity index (χ1n) is 6.92. The van der Waals surface area contributed by atoms with Gasteiger partial charge in [0.05, 0.1) is 11.6 Å². The Kier molecular flexibility index (Phi) is 5.36. The predicted molar refractivity (Wildman–Crippen MR) is 74.5 cm³/mol. The van der Waals surface area contributed by atoms with Crippen LogP contribution >= 0.6 is 0 Å². The van der Waals surface area contributed by atoms with Crippen LogP contribution in [0.4, 0.5) is 13.2 Å². The van der Waals surface area contributed by atoms with E-state index in [1.54, 1.807) is 6.92 Å². The highest BCUT2D eigenvalue weighted by molar-refractivity contribution is 5.91. The number of rotatable bonds is 5. The SMILES string of the molecule is C[C@H](COc1ccccc1C(F)(F)F)NC(=O)C1=COCCO1. The molecule has 0 saturated heterocycles. The molecule has 1 atom stereocenters. The number of carbonyl (C=O) groups is 1. The molecule has 1 heterocycles. The van der Waals surface area contributed by atoms with E-state index in [1.807, 2.05) is 0 Å². The quantitative estimate of drug-likeness (QED) is 0.901. The third kappa shape index (κ3) is 4.80. The fourth-order valence-electron chi connectivity index (χ4n) is 1.87. The van der Waals surface area contributed by atoms with E-state index >= 15 is 0 Å². The molecule has 0 aromatic heterocycles. The van der Waals surface area contributed by atoms with Gasteiger partial charge in [0.25, 0.3) is 5.91 Å². The van der Waals surface area contributed by atoms with Crippen molar-refractivity contribution in [1.82, 2.24) is 5.32 Å². The Morgan fingerprint density at radius 3 is 2.74 bits per heavy atom. The van der Waals surface area contributed by atoms with Gasteiger partial charge >= 0.3 is 6.18 Å². The Morgan fingerprint density at radius 2 is 2.09 bits per heavy atom. The number of hydrogen-bond donors (Lipinski definition) is 1. The minimum absolute atomic E-state index is 0.0267. The van der Waals surface area contributed by atoms with E-state index in [0.717, 1.165) is 6.07 Å². The van der Waals surface area contributed by atoms with Gasteiger partial charge in [0, 0.05) is 0 Å². The van der Waals surface area contributed by atoms with Gasteiger partial charge in [0.2, 0.25) is 5.76 Å². The highest BCUT2D eigenvalue weighted by atomic mass is 19.4. The number of nitrogens with one attached hydrogen (secondary N) is 1. The maximum atomic E-state index is 12.8. The summed E-state index contributed by atoms with van der Waals surface area (Å²) >= 11 is 0. The standard InChI is InChI=1S/C15H16F3NO4/c1-10(19-14(20)13-9-21-6-7-22-13)8-23-12-5-3-2-4-11(12)15(16,17)18/h2-5,9-10H,6-8H2,1H3,(H,19,20)/t10-/m1/s1. The number of alkyl halides is 3. The minimum atomic E-state index is -4.50. The summed E-state index contributed by atoms with van der Waals surface area (Å²) in [6.07, 6.45) is -3.30. The van der Waals surface area contributed by atoms with Crippen LogP contribution < -0.4 is 10.1 Å². The van der Waals surface area contributed by atoms with Gasteiger partial charge in [0.15, 0.2) is 0 Å². The topological polar surface area (TPSA) is 56.8 Å². The first-order chi connectivity index (χ1) is 10.9. The Balaban J connectivity index is 1.91. The van der Waals surface area contributed by atoms with Crippen LogP contribution in [0, 0.1) is 0 Å². The summed E-state index contributed by atoms with van der Waals surface area (Å²) in [5.41, 5.74) is -0.856. The van der Waals surface area contributed by atoms with Gasteiger partial charge in [-0.05, 0) is 19.1 Å². The van der Waals surface area contributed by atoms with Gasteiger partial charge in [-0.3, -0.25) is 4.79 Å². The summed E-state index contributed by atoms with van der Waals surface area (Å²) in [7, 11) is 0. The fourth-order valence-corrected chi connectivity index (χ4v) is 1.87. The molecule has 0 radical (unpaired) electrons. The molecule has 0 unspecified atom stereocenters. The Hall–Kier alpha value is -2.38. The van der Waals surface area contributed by atoms with Crippen molar-refractivity contribution in [2.24, 2.45) is 0 Å². The van der Waals surface area contributed by atoms with Crippen molar-refractivity contribution in [3.8, 4) is 5.75 Å². The highest BCUT2D eigenvalue weighted by Gasteiger charge is 2.34. The number of halogens is 3. The summed E-state index contributed by atoms with van der Waals surface area (Å²) in [6, 6.07) is 4.39. The summed E-state index contributed by atoms with van der Waals surface area (Å²) in [5.74, 6) is -0.763. The van der Waals surface area contributed by atoms with E-state index in [0.29, 0.717) is 6.61 Å². The van der Waals surface area contributed by atoms with Crippen LogP contribution in [-0.4, -0.2) is 31.8 Å². The number of carbonyl (C=O) groups excluding carboxylic acids is 1. The molecule has 1 amide bonds. The molecule has 1 aromatic rings. The van der Waals surface area contributed by atoms with Crippen molar-refractivity contribution in [3.63, 3.8) is 0 Å². The molecule has 8 heteroatoms. The molecular formula is C15H16F3NO4. The Morgan fingerprint density at radius 1 is 1.35 bits per heavy atom. The van der Waals surface area contributed by atoms with Crippen LogP contribution in [0.3, 0.4) is 0 Å². The molecule has 1 aliphatic heterocycles. The smallest absolute Gasteiger partial charge is 0.419 e. The lowest BCUT2D eigenvalue weighted by Crippen LogP contribution is -2.38. The normalized spacial score (nSPS) is 15.7. The summed E-state index contributed by atoms with van der Waals surface area (Å²) in [5, 5.41) is 2.56. The first-order valence-corrected chi connectivity index (χ1v) is 6.92. The molecule has 0 spiro atoms. The van der Waals surface area contributed by atoms with Crippen LogP contribution in [0.2, 0.25) is 0 Å². The molecule has 1 aliphatic rings. The van der Waals surface area contributed by atoms with Crippen molar-refractivity contribution in [1.29, 1.82) is 0 Å². The molecular weight excluding hydrogens is 315 g/mol. The van der Waals surface area contributed by atoms with Crippen molar-refractivity contribution in [2.45, 2.75) is 19.1 Å². The molecule has 1 aromatic carbocycles. The van der Waals surface area contributed by atoms with Crippen LogP contribution in [0.15, 0.2) is 36.3 Å². The lowest BCUT2D eigenvalue weighted by Gasteiger charge is -2.19. The third-order valence-corrected chi connectivity index (χ3v) is 2.93. The maximum Gasteiger partial charge on any atom is 0.419 e. The highest BCUT2D eigenvalue weighted by Crippen LogP contribution is 2.35. The number of amides is 1. The second kappa shape index (κ2) is 7.26. The van der Waals surface area contributed by atoms with Crippen LogP contribution in [0.1, 0.15) is 12.5 Å². The molecule has 2 rings (SSSR count). The lowest BCUT2D eigenvalue weighted by atomic mass is 10.2. The minimum Gasteiger partial charge on any atom is -0.494 e. The largest absolute Gasteiger partial charge is 0.494 e. The zero-order valence-corrected chi connectivity index (χ0v) is 12.4. The van der Waals surface area contributed by atoms with Gasteiger partial charge < -0.3 is 19.5 Å². The maximum absolute atomic E-state index is 12.8. The summed E-state index contributed by atoms with van der Waals surface area (Å²) in [6.45, 7) is 2.12. The van der Waals surface area contributed by atoms with Gasteiger partial charge in [-0.25, -0.2) is 0 Å².